The molecule has 4 heteroatoms. The predicted molar refractivity (Wildman–Crippen MR) is 147 cm³/mol. The second kappa shape index (κ2) is 12.6. The topological polar surface area (TPSA) is 47.6 Å². The molecule has 4 nitrogen and oxygen atoms in total. The van der Waals surface area contributed by atoms with Gasteiger partial charge in [-0.2, -0.15) is 0 Å². The molecule has 0 unspecified atom stereocenters. The number of amides is 1. The van der Waals surface area contributed by atoms with Crippen LogP contribution < -0.4 is 14.8 Å². The smallest absolute Gasteiger partial charge is 0.255 e. The summed E-state index contributed by atoms with van der Waals surface area (Å²) in [6.45, 7) is 4.96. The van der Waals surface area contributed by atoms with E-state index >= 15 is 0 Å². The van der Waals surface area contributed by atoms with Crippen molar-refractivity contribution in [3.05, 3.63) is 114 Å². The van der Waals surface area contributed by atoms with Gasteiger partial charge in [0.05, 0.1) is 6.61 Å². The zero-order chi connectivity index (χ0) is 25.2. The average molecular weight is 480 g/mol. The molecule has 0 bridgehead atoms. The Morgan fingerprint density at radius 3 is 2.19 bits per heavy atom. The normalized spacial score (nSPS) is 10.6. The standard InChI is InChI=1S/C32H33NO3/c1-3-5-9-24-12-17-29(18-13-24)33-32(34)27-16-21-31(35-4-2)28(22-27)23-36-30-19-14-26(15-20-30)25-10-7-6-8-11-25/h6-8,10-22H,3-5,9,23H2,1-2H3,(H,33,34). The van der Waals surface area contributed by atoms with Gasteiger partial charge in [0.25, 0.3) is 5.91 Å². The third kappa shape index (κ3) is 6.76. The van der Waals surface area contributed by atoms with Gasteiger partial charge in [-0.25, -0.2) is 0 Å². The number of benzene rings is 4. The van der Waals surface area contributed by atoms with Gasteiger partial charge < -0.3 is 14.8 Å². The summed E-state index contributed by atoms with van der Waals surface area (Å²) in [6.07, 6.45) is 3.39. The maximum absolute atomic E-state index is 12.9. The molecule has 0 aliphatic rings. The monoisotopic (exact) mass is 479 g/mol. The average Bonchev–Trinajstić information content (AvgIpc) is 2.93. The molecule has 4 rings (SSSR count). The number of carbonyl (C=O) groups is 1. The molecule has 36 heavy (non-hydrogen) atoms. The Morgan fingerprint density at radius 2 is 1.50 bits per heavy atom. The van der Waals surface area contributed by atoms with Crippen LogP contribution in [-0.2, 0) is 13.0 Å². The Kier molecular flexibility index (Phi) is 8.77. The summed E-state index contributed by atoms with van der Waals surface area (Å²) in [6, 6.07) is 31.8. The van der Waals surface area contributed by atoms with Crippen molar-refractivity contribution < 1.29 is 14.3 Å². The van der Waals surface area contributed by atoms with Crippen molar-refractivity contribution in [1.29, 1.82) is 0 Å². The lowest BCUT2D eigenvalue weighted by Crippen LogP contribution is -2.13. The van der Waals surface area contributed by atoms with Crippen molar-refractivity contribution in [2.75, 3.05) is 11.9 Å². The molecule has 0 heterocycles. The fourth-order valence-electron chi connectivity index (χ4n) is 4.00. The van der Waals surface area contributed by atoms with E-state index in [1.165, 1.54) is 18.4 Å². The van der Waals surface area contributed by atoms with Crippen molar-refractivity contribution in [1.82, 2.24) is 0 Å². The van der Waals surface area contributed by atoms with Crippen LogP contribution in [0.25, 0.3) is 11.1 Å². The van der Waals surface area contributed by atoms with Crippen molar-refractivity contribution in [3.8, 4) is 22.6 Å². The number of aryl methyl sites for hydroxylation is 1. The number of hydrogen-bond acceptors (Lipinski definition) is 3. The van der Waals surface area contributed by atoms with Crippen molar-refractivity contribution in [3.63, 3.8) is 0 Å². The molecule has 0 saturated heterocycles. The van der Waals surface area contributed by atoms with Crippen LogP contribution in [0.3, 0.4) is 0 Å². The highest BCUT2D eigenvalue weighted by Crippen LogP contribution is 2.26. The number of hydrogen-bond donors (Lipinski definition) is 1. The van der Waals surface area contributed by atoms with Crippen molar-refractivity contribution >= 4 is 11.6 Å². The summed E-state index contributed by atoms with van der Waals surface area (Å²) in [7, 11) is 0. The lowest BCUT2D eigenvalue weighted by atomic mass is 10.1. The van der Waals surface area contributed by atoms with Crippen LogP contribution in [-0.4, -0.2) is 12.5 Å². The van der Waals surface area contributed by atoms with Gasteiger partial charge in [-0.15, -0.1) is 0 Å². The van der Waals surface area contributed by atoms with E-state index in [0.29, 0.717) is 18.8 Å². The van der Waals surface area contributed by atoms with Gasteiger partial charge in [0, 0.05) is 16.8 Å². The minimum Gasteiger partial charge on any atom is -0.493 e. The maximum Gasteiger partial charge on any atom is 0.255 e. The van der Waals surface area contributed by atoms with Crippen molar-refractivity contribution in [2.45, 2.75) is 39.7 Å². The van der Waals surface area contributed by atoms with E-state index in [4.69, 9.17) is 9.47 Å². The highest BCUT2D eigenvalue weighted by atomic mass is 16.5. The fourth-order valence-corrected chi connectivity index (χ4v) is 4.00. The molecule has 0 aliphatic heterocycles. The summed E-state index contributed by atoms with van der Waals surface area (Å²) in [5.41, 5.74) is 5.75. The molecule has 0 fully saturated rings. The molecule has 0 atom stereocenters. The van der Waals surface area contributed by atoms with E-state index in [2.05, 4.69) is 36.5 Å². The third-order valence-corrected chi connectivity index (χ3v) is 6.01. The Hall–Kier alpha value is -4.05. The van der Waals surface area contributed by atoms with E-state index in [9.17, 15) is 4.79 Å². The molecule has 1 N–H and O–H groups in total. The Labute approximate surface area is 213 Å². The number of unbranched alkanes of at least 4 members (excludes halogenated alkanes) is 1. The van der Waals surface area contributed by atoms with Gasteiger partial charge in [-0.1, -0.05) is 67.9 Å². The minimum atomic E-state index is -0.159. The van der Waals surface area contributed by atoms with Gasteiger partial charge in [-0.3, -0.25) is 4.79 Å². The molecule has 1 amide bonds. The number of ether oxygens (including phenoxy) is 2. The molecular formula is C32H33NO3. The zero-order valence-corrected chi connectivity index (χ0v) is 21.0. The van der Waals surface area contributed by atoms with E-state index in [1.54, 1.807) is 6.07 Å². The van der Waals surface area contributed by atoms with E-state index in [1.807, 2.05) is 73.7 Å². The van der Waals surface area contributed by atoms with Gasteiger partial charge in [0.2, 0.25) is 0 Å². The molecule has 0 aromatic heterocycles. The quantitative estimate of drug-likeness (QED) is 0.238. The number of anilines is 1. The maximum atomic E-state index is 12.9. The van der Waals surface area contributed by atoms with Crippen LogP contribution in [0.4, 0.5) is 5.69 Å². The fraction of sp³-hybridized carbons (Fsp3) is 0.219. The Bertz CT molecular complexity index is 1250. The first-order valence-corrected chi connectivity index (χ1v) is 12.6. The summed E-state index contributed by atoms with van der Waals surface area (Å²) in [4.78, 5) is 12.9. The predicted octanol–water partition coefficient (Wildman–Crippen LogP) is 7.93. The molecule has 0 radical (unpaired) electrons. The molecule has 184 valence electrons. The second-order valence-electron chi connectivity index (χ2n) is 8.69. The molecule has 4 aromatic rings. The number of carbonyl (C=O) groups excluding carboxylic acids is 1. The van der Waals surface area contributed by atoms with Crippen LogP contribution in [0.15, 0.2) is 97.1 Å². The van der Waals surface area contributed by atoms with E-state index < -0.39 is 0 Å². The van der Waals surface area contributed by atoms with Crippen LogP contribution in [0.2, 0.25) is 0 Å². The first-order chi connectivity index (χ1) is 17.7. The van der Waals surface area contributed by atoms with E-state index in [0.717, 1.165) is 40.3 Å². The van der Waals surface area contributed by atoms with Gasteiger partial charge in [0.1, 0.15) is 18.1 Å². The number of rotatable bonds is 11. The minimum absolute atomic E-state index is 0.159. The molecule has 0 saturated carbocycles. The van der Waals surface area contributed by atoms with Crippen molar-refractivity contribution in [2.24, 2.45) is 0 Å². The Morgan fingerprint density at radius 1 is 0.778 bits per heavy atom. The second-order valence-corrected chi connectivity index (χ2v) is 8.69. The van der Waals surface area contributed by atoms with Gasteiger partial charge in [-0.05, 0) is 78.9 Å². The molecular weight excluding hydrogens is 446 g/mol. The van der Waals surface area contributed by atoms with Gasteiger partial charge >= 0.3 is 0 Å². The lowest BCUT2D eigenvalue weighted by Gasteiger charge is -2.14. The third-order valence-electron chi connectivity index (χ3n) is 6.01. The summed E-state index contributed by atoms with van der Waals surface area (Å²) in [5.74, 6) is 1.32. The summed E-state index contributed by atoms with van der Waals surface area (Å²) >= 11 is 0. The SMILES string of the molecule is CCCCc1ccc(NC(=O)c2ccc(OCC)c(COc3ccc(-c4ccccc4)cc3)c2)cc1. The molecule has 0 aliphatic carbocycles. The first-order valence-electron chi connectivity index (χ1n) is 12.6. The van der Waals surface area contributed by atoms with Gasteiger partial charge in [0.15, 0.2) is 0 Å². The highest BCUT2D eigenvalue weighted by Gasteiger charge is 2.12. The Balaban J connectivity index is 1.43. The highest BCUT2D eigenvalue weighted by molar-refractivity contribution is 6.04. The van der Waals surface area contributed by atoms with Crippen LogP contribution >= 0.6 is 0 Å². The summed E-state index contributed by atoms with van der Waals surface area (Å²) in [5, 5.41) is 3.00. The van der Waals surface area contributed by atoms with Crippen LogP contribution in [0.5, 0.6) is 11.5 Å². The zero-order valence-electron chi connectivity index (χ0n) is 21.0. The lowest BCUT2D eigenvalue weighted by molar-refractivity contribution is 0.102. The first kappa shape index (κ1) is 25.1. The number of nitrogens with one attached hydrogen (secondary N) is 1. The summed E-state index contributed by atoms with van der Waals surface area (Å²) < 4.78 is 11.8. The van der Waals surface area contributed by atoms with E-state index in [-0.39, 0.29) is 5.91 Å². The van der Waals surface area contributed by atoms with Crippen LogP contribution in [0.1, 0.15) is 48.2 Å². The largest absolute Gasteiger partial charge is 0.493 e. The molecule has 4 aromatic carbocycles. The molecule has 0 spiro atoms. The van der Waals surface area contributed by atoms with Crippen LogP contribution in [0, 0.1) is 0 Å².